The average molecular weight is 245 g/mol. The number of carbonyl (C=O) groups excluding carboxylic acids is 2. The Morgan fingerprint density at radius 1 is 1.77 bits per heavy atom. The molecule has 0 aromatic heterocycles. The first-order chi connectivity index (χ1) is 6.13. The minimum absolute atomic E-state index is 0.00215. The Labute approximate surface area is 84.8 Å². The fraction of sp³-hybridized carbons (Fsp3) is 0.500. The highest BCUT2D eigenvalue weighted by molar-refractivity contribution is 9.12. The van der Waals surface area contributed by atoms with Gasteiger partial charge in [-0.05, 0) is 11.8 Å². The lowest BCUT2D eigenvalue weighted by atomic mass is 10.2. The normalized spacial score (nSPS) is 21.5. The fourth-order valence-electron chi connectivity index (χ4n) is 1.21. The number of amides is 2. The van der Waals surface area contributed by atoms with E-state index in [9.17, 15) is 9.59 Å². The molecule has 2 amide bonds. The molecule has 0 bridgehead atoms. The van der Waals surface area contributed by atoms with Crippen LogP contribution in [-0.4, -0.2) is 35.8 Å². The van der Waals surface area contributed by atoms with Gasteiger partial charge in [0.25, 0.3) is 5.91 Å². The summed E-state index contributed by atoms with van der Waals surface area (Å²) in [4.78, 5) is 26.0. The van der Waals surface area contributed by atoms with Gasteiger partial charge < -0.3 is 10.2 Å². The van der Waals surface area contributed by atoms with Crippen molar-refractivity contribution >= 4 is 27.7 Å². The largest absolute Gasteiger partial charge is 0.350 e. The van der Waals surface area contributed by atoms with Crippen molar-refractivity contribution in [1.82, 2.24) is 10.2 Å². The Morgan fingerprint density at radius 2 is 2.46 bits per heavy atom. The standard InChI is InChI=1S/C8H9BrN2O2/c1-6-4-11(5-7(12)10-6)8(13)2-3-9/h6H,4-5H2,1H3,(H,10,12). The number of piperazine rings is 1. The van der Waals surface area contributed by atoms with Gasteiger partial charge in [-0.25, -0.2) is 0 Å². The molecule has 0 saturated carbocycles. The summed E-state index contributed by atoms with van der Waals surface area (Å²) in [5.41, 5.74) is 0. The number of hydrogen-bond acceptors (Lipinski definition) is 2. The molecular weight excluding hydrogens is 236 g/mol. The van der Waals surface area contributed by atoms with Crippen LogP contribution in [0.15, 0.2) is 0 Å². The van der Waals surface area contributed by atoms with Crippen LogP contribution in [0.3, 0.4) is 0 Å². The van der Waals surface area contributed by atoms with Crippen LogP contribution in [0.5, 0.6) is 0 Å². The second-order valence-corrected chi connectivity index (χ2v) is 3.27. The Kier molecular flexibility index (Phi) is 3.32. The smallest absolute Gasteiger partial charge is 0.299 e. The highest BCUT2D eigenvalue weighted by Crippen LogP contribution is 1.99. The first-order valence-corrected chi connectivity index (χ1v) is 4.62. The Hall–Kier alpha value is -1.02. The summed E-state index contributed by atoms with van der Waals surface area (Å²) in [7, 11) is 0. The molecule has 0 spiro atoms. The summed E-state index contributed by atoms with van der Waals surface area (Å²) in [6, 6.07) is 0.00215. The van der Waals surface area contributed by atoms with Gasteiger partial charge >= 0.3 is 0 Å². The molecular formula is C8H9BrN2O2. The number of hydrogen-bond donors (Lipinski definition) is 1. The van der Waals surface area contributed by atoms with Gasteiger partial charge in [0.15, 0.2) is 0 Å². The zero-order chi connectivity index (χ0) is 9.84. The number of nitrogens with one attached hydrogen (secondary N) is 1. The minimum atomic E-state index is -0.321. The van der Waals surface area contributed by atoms with Crippen molar-refractivity contribution in [3.8, 4) is 10.8 Å². The summed E-state index contributed by atoms with van der Waals surface area (Å²) < 4.78 is 0. The van der Waals surface area contributed by atoms with Crippen LogP contribution in [-0.2, 0) is 9.59 Å². The molecule has 1 atom stereocenters. The van der Waals surface area contributed by atoms with E-state index in [0.717, 1.165) is 0 Å². The molecule has 1 fully saturated rings. The third-order valence-electron chi connectivity index (χ3n) is 1.68. The zero-order valence-corrected chi connectivity index (χ0v) is 8.72. The lowest BCUT2D eigenvalue weighted by molar-refractivity contribution is -0.135. The summed E-state index contributed by atoms with van der Waals surface area (Å²) in [6.07, 6.45) is 0. The van der Waals surface area contributed by atoms with E-state index in [-0.39, 0.29) is 24.4 Å². The van der Waals surface area contributed by atoms with Crippen LogP contribution in [0.4, 0.5) is 0 Å². The number of halogens is 1. The van der Waals surface area contributed by atoms with Crippen LogP contribution in [0, 0.1) is 10.8 Å². The molecule has 70 valence electrons. The molecule has 1 aliphatic heterocycles. The average Bonchev–Trinajstić information content (AvgIpc) is 2.03. The Balaban J connectivity index is 2.63. The summed E-state index contributed by atoms with van der Waals surface area (Å²) in [6.45, 7) is 2.47. The van der Waals surface area contributed by atoms with Gasteiger partial charge in [0.2, 0.25) is 5.91 Å². The van der Waals surface area contributed by atoms with Crippen molar-refractivity contribution in [3.05, 3.63) is 0 Å². The second kappa shape index (κ2) is 4.28. The lowest BCUT2D eigenvalue weighted by Crippen LogP contribution is -2.54. The van der Waals surface area contributed by atoms with Gasteiger partial charge in [-0.15, -0.1) is 0 Å². The Morgan fingerprint density at radius 3 is 3.00 bits per heavy atom. The van der Waals surface area contributed by atoms with Gasteiger partial charge in [0.05, 0.1) is 0 Å². The maximum absolute atomic E-state index is 11.2. The van der Waals surface area contributed by atoms with Crippen molar-refractivity contribution in [2.24, 2.45) is 0 Å². The quantitative estimate of drug-likeness (QED) is 0.595. The van der Waals surface area contributed by atoms with E-state index in [2.05, 4.69) is 32.0 Å². The molecule has 1 heterocycles. The van der Waals surface area contributed by atoms with E-state index in [1.54, 1.807) is 0 Å². The number of nitrogens with zero attached hydrogens (tertiary/aromatic N) is 1. The van der Waals surface area contributed by atoms with Crippen LogP contribution in [0.25, 0.3) is 0 Å². The molecule has 1 unspecified atom stereocenters. The van der Waals surface area contributed by atoms with Crippen molar-refractivity contribution in [2.75, 3.05) is 13.1 Å². The molecule has 0 radical (unpaired) electrons. The third-order valence-corrected chi connectivity index (χ3v) is 1.88. The summed E-state index contributed by atoms with van der Waals surface area (Å²) in [5, 5.41) is 2.71. The van der Waals surface area contributed by atoms with Crippen molar-refractivity contribution < 1.29 is 9.59 Å². The van der Waals surface area contributed by atoms with Crippen molar-refractivity contribution in [2.45, 2.75) is 13.0 Å². The van der Waals surface area contributed by atoms with E-state index in [1.807, 2.05) is 6.92 Å². The molecule has 4 nitrogen and oxygen atoms in total. The SMILES string of the molecule is CC1CN(C(=O)C#CBr)CC(=O)N1. The fourth-order valence-corrected chi connectivity index (χ4v) is 1.38. The highest BCUT2D eigenvalue weighted by atomic mass is 79.9. The monoisotopic (exact) mass is 244 g/mol. The van der Waals surface area contributed by atoms with E-state index < -0.39 is 0 Å². The summed E-state index contributed by atoms with van der Waals surface area (Å²) in [5.74, 6) is 1.87. The van der Waals surface area contributed by atoms with E-state index in [4.69, 9.17) is 0 Å². The molecule has 13 heavy (non-hydrogen) atoms. The number of carbonyl (C=O) groups is 2. The van der Waals surface area contributed by atoms with E-state index >= 15 is 0 Å². The predicted molar refractivity (Wildman–Crippen MR) is 50.9 cm³/mol. The maximum atomic E-state index is 11.2. The topological polar surface area (TPSA) is 49.4 Å². The van der Waals surface area contributed by atoms with Crippen LogP contribution < -0.4 is 5.32 Å². The van der Waals surface area contributed by atoms with E-state index in [1.165, 1.54) is 4.90 Å². The molecule has 1 rings (SSSR count). The third kappa shape index (κ3) is 2.74. The molecule has 5 heteroatoms. The van der Waals surface area contributed by atoms with E-state index in [0.29, 0.717) is 6.54 Å². The van der Waals surface area contributed by atoms with Gasteiger partial charge in [-0.3, -0.25) is 9.59 Å². The Bertz CT molecular complexity index is 292. The molecule has 1 N–H and O–H groups in total. The van der Waals surface area contributed by atoms with Crippen LogP contribution in [0.2, 0.25) is 0 Å². The van der Waals surface area contributed by atoms with Gasteiger partial charge in [-0.1, -0.05) is 0 Å². The zero-order valence-electron chi connectivity index (χ0n) is 7.13. The molecule has 0 aromatic rings. The van der Waals surface area contributed by atoms with Crippen molar-refractivity contribution in [1.29, 1.82) is 0 Å². The molecule has 0 aromatic carbocycles. The number of rotatable bonds is 0. The highest BCUT2D eigenvalue weighted by Gasteiger charge is 2.24. The molecule has 1 saturated heterocycles. The molecule has 1 aliphatic rings. The first kappa shape index (κ1) is 10.1. The molecule has 0 aliphatic carbocycles. The predicted octanol–water partition coefficient (Wildman–Crippen LogP) is -0.311. The lowest BCUT2D eigenvalue weighted by Gasteiger charge is -2.29. The van der Waals surface area contributed by atoms with Gasteiger partial charge in [0.1, 0.15) is 6.54 Å². The van der Waals surface area contributed by atoms with Crippen LogP contribution >= 0.6 is 15.9 Å². The first-order valence-electron chi connectivity index (χ1n) is 3.83. The minimum Gasteiger partial charge on any atom is -0.350 e. The van der Waals surface area contributed by atoms with Gasteiger partial charge in [0, 0.05) is 34.4 Å². The van der Waals surface area contributed by atoms with Gasteiger partial charge in [-0.2, -0.15) is 0 Å². The summed E-state index contributed by atoms with van der Waals surface area (Å²) >= 11 is 2.84. The maximum Gasteiger partial charge on any atom is 0.299 e. The van der Waals surface area contributed by atoms with Crippen molar-refractivity contribution in [3.63, 3.8) is 0 Å². The second-order valence-electron chi connectivity index (χ2n) is 2.87. The van der Waals surface area contributed by atoms with Crippen LogP contribution in [0.1, 0.15) is 6.92 Å².